The van der Waals surface area contributed by atoms with Crippen molar-refractivity contribution in [2.24, 2.45) is 4.99 Å². The molecular formula is C23H35N7O2. The molecular weight excluding hydrogens is 406 g/mol. The molecule has 0 bridgehead atoms. The topological polar surface area (TPSA) is 101 Å². The van der Waals surface area contributed by atoms with E-state index in [1.807, 2.05) is 18.2 Å². The molecule has 174 valence electrons. The Morgan fingerprint density at radius 1 is 1.16 bits per heavy atom. The summed E-state index contributed by atoms with van der Waals surface area (Å²) < 4.78 is 10.9. The Balaban J connectivity index is 1.34. The van der Waals surface area contributed by atoms with E-state index in [1.165, 1.54) is 32.1 Å². The summed E-state index contributed by atoms with van der Waals surface area (Å²) in [6.07, 6.45) is 8.70. The van der Waals surface area contributed by atoms with Gasteiger partial charge in [0, 0.05) is 44.3 Å². The van der Waals surface area contributed by atoms with Crippen LogP contribution in [-0.2, 0) is 11.2 Å². The third kappa shape index (κ3) is 5.83. The van der Waals surface area contributed by atoms with Crippen molar-refractivity contribution in [1.29, 1.82) is 0 Å². The smallest absolute Gasteiger partial charge is 0.276 e. The fourth-order valence-corrected chi connectivity index (χ4v) is 4.63. The van der Waals surface area contributed by atoms with Crippen molar-refractivity contribution < 1.29 is 9.26 Å². The summed E-state index contributed by atoms with van der Waals surface area (Å²) in [4.78, 5) is 16.3. The first kappa shape index (κ1) is 22.7. The minimum atomic E-state index is 0.162. The summed E-state index contributed by atoms with van der Waals surface area (Å²) in [5.41, 5.74) is 0.852. The van der Waals surface area contributed by atoms with Gasteiger partial charge >= 0.3 is 0 Å². The molecule has 1 saturated heterocycles. The molecule has 1 aliphatic heterocycles. The van der Waals surface area contributed by atoms with Gasteiger partial charge in [0.2, 0.25) is 0 Å². The summed E-state index contributed by atoms with van der Waals surface area (Å²) in [7, 11) is 0. The highest BCUT2D eigenvalue weighted by Gasteiger charge is 2.38. The van der Waals surface area contributed by atoms with Crippen molar-refractivity contribution in [1.82, 2.24) is 30.7 Å². The van der Waals surface area contributed by atoms with Crippen LogP contribution in [0.3, 0.4) is 0 Å². The van der Waals surface area contributed by atoms with Gasteiger partial charge in [-0.05, 0) is 31.9 Å². The standard InChI is InChI=1S/C23H35N7O2/c1-2-24-22(26-13-9-20-28-21(32-29-20)19-8-4-7-12-25-19)27-18-23(10-5-3-6-11-23)30-14-16-31-17-15-30/h4,7-8,12H,2-3,5-6,9-11,13-18H2,1H3,(H2,24,26,27). The van der Waals surface area contributed by atoms with Gasteiger partial charge in [0.25, 0.3) is 5.89 Å². The number of hydrogen-bond acceptors (Lipinski definition) is 7. The van der Waals surface area contributed by atoms with Gasteiger partial charge in [-0.15, -0.1) is 0 Å². The lowest BCUT2D eigenvalue weighted by Crippen LogP contribution is -2.56. The number of rotatable bonds is 8. The third-order valence-electron chi connectivity index (χ3n) is 6.34. The van der Waals surface area contributed by atoms with E-state index in [9.17, 15) is 0 Å². The lowest BCUT2D eigenvalue weighted by molar-refractivity contribution is -0.0333. The number of ether oxygens (including phenoxy) is 1. The van der Waals surface area contributed by atoms with E-state index >= 15 is 0 Å². The quantitative estimate of drug-likeness (QED) is 0.475. The van der Waals surface area contributed by atoms with Gasteiger partial charge < -0.3 is 19.9 Å². The number of nitrogens with zero attached hydrogens (tertiary/aromatic N) is 5. The van der Waals surface area contributed by atoms with Crippen LogP contribution in [0.4, 0.5) is 0 Å². The van der Waals surface area contributed by atoms with E-state index in [0.29, 0.717) is 30.4 Å². The van der Waals surface area contributed by atoms with Gasteiger partial charge in [-0.2, -0.15) is 4.98 Å². The van der Waals surface area contributed by atoms with E-state index in [4.69, 9.17) is 14.3 Å². The molecule has 0 spiro atoms. The Hall–Kier alpha value is -2.52. The number of pyridine rings is 1. The highest BCUT2D eigenvalue weighted by molar-refractivity contribution is 5.79. The van der Waals surface area contributed by atoms with Gasteiger partial charge in [0.15, 0.2) is 11.8 Å². The van der Waals surface area contributed by atoms with Crippen molar-refractivity contribution in [3.8, 4) is 11.6 Å². The van der Waals surface area contributed by atoms with Crippen LogP contribution in [0.25, 0.3) is 11.6 Å². The van der Waals surface area contributed by atoms with Gasteiger partial charge in [0.1, 0.15) is 5.69 Å². The van der Waals surface area contributed by atoms with Gasteiger partial charge in [0.05, 0.1) is 19.8 Å². The van der Waals surface area contributed by atoms with Crippen molar-refractivity contribution in [3.63, 3.8) is 0 Å². The zero-order valence-electron chi connectivity index (χ0n) is 19.1. The van der Waals surface area contributed by atoms with Crippen LogP contribution in [0.5, 0.6) is 0 Å². The first-order valence-corrected chi connectivity index (χ1v) is 11.9. The van der Waals surface area contributed by atoms with E-state index in [2.05, 4.69) is 37.6 Å². The molecule has 2 aromatic rings. The summed E-state index contributed by atoms with van der Waals surface area (Å²) in [6, 6.07) is 5.63. The SMILES string of the molecule is CCNC(=NCC1(N2CCOCC2)CCCCC1)NCCc1noc(-c2ccccn2)n1. The molecule has 2 fully saturated rings. The Labute approximate surface area is 190 Å². The van der Waals surface area contributed by atoms with E-state index in [0.717, 1.165) is 45.4 Å². The first-order valence-electron chi connectivity index (χ1n) is 11.9. The third-order valence-corrected chi connectivity index (χ3v) is 6.34. The van der Waals surface area contributed by atoms with Crippen LogP contribution in [-0.4, -0.2) is 77.5 Å². The number of aliphatic imine (C=N–C) groups is 1. The molecule has 4 rings (SSSR count). The molecule has 1 saturated carbocycles. The maximum atomic E-state index is 5.60. The number of hydrogen-bond donors (Lipinski definition) is 2. The summed E-state index contributed by atoms with van der Waals surface area (Å²) in [6.45, 7) is 8.08. The molecule has 2 aromatic heterocycles. The van der Waals surface area contributed by atoms with Crippen LogP contribution in [0, 0.1) is 0 Å². The number of morpholine rings is 1. The second kappa shape index (κ2) is 11.4. The molecule has 0 amide bonds. The van der Waals surface area contributed by atoms with Gasteiger partial charge in [-0.25, -0.2) is 0 Å². The van der Waals surface area contributed by atoms with Crippen molar-refractivity contribution in [3.05, 3.63) is 30.2 Å². The minimum Gasteiger partial charge on any atom is -0.379 e. The van der Waals surface area contributed by atoms with E-state index in [1.54, 1.807) is 6.20 Å². The van der Waals surface area contributed by atoms with E-state index < -0.39 is 0 Å². The molecule has 2 N–H and O–H groups in total. The predicted octanol–water partition coefficient (Wildman–Crippen LogP) is 2.26. The zero-order chi connectivity index (χ0) is 22.1. The average molecular weight is 442 g/mol. The van der Waals surface area contributed by atoms with Crippen LogP contribution in [0.15, 0.2) is 33.9 Å². The molecule has 9 nitrogen and oxygen atoms in total. The lowest BCUT2D eigenvalue weighted by atomic mass is 9.80. The maximum absolute atomic E-state index is 5.60. The predicted molar refractivity (Wildman–Crippen MR) is 123 cm³/mol. The molecule has 32 heavy (non-hydrogen) atoms. The molecule has 2 aliphatic rings. The summed E-state index contributed by atoms with van der Waals surface area (Å²) >= 11 is 0. The van der Waals surface area contributed by atoms with Crippen LogP contribution in [0.2, 0.25) is 0 Å². The van der Waals surface area contributed by atoms with Gasteiger partial charge in [-0.1, -0.05) is 30.5 Å². The monoisotopic (exact) mass is 441 g/mol. The maximum Gasteiger partial charge on any atom is 0.276 e. The van der Waals surface area contributed by atoms with Crippen LogP contribution >= 0.6 is 0 Å². The Bertz CT molecular complexity index is 843. The number of aromatic nitrogens is 3. The molecule has 3 heterocycles. The van der Waals surface area contributed by atoms with Crippen molar-refractivity contribution in [2.75, 3.05) is 45.9 Å². The Morgan fingerprint density at radius 3 is 2.75 bits per heavy atom. The fraction of sp³-hybridized carbons (Fsp3) is 0.652. The van der Waals surface area contributed by atoms with Crippen LogP contribution < -0.4 is 10.6 Å². The second-order valence-electron chi connectivity index (χ2n) is 8.49. The molecule has 9 heteroatoms. The molecule has 0 atom stereocenters. The lowest BCUT2D eigenvalue weighted by Gasteiger charge is -2.47. The zero-order valence-corrected chi connectivity index (χ0v) is 19.1. The second-order valence-corrected chi connectivity index (χ2v) is 8.49. The first-order chi connectivity index (χ1) is 15.8. The normalized spacial score (nSPS) is 19.6. The van der Waals surface area contributed by atoms with E-state index in [-0.39, 0.29) is 5.54 Å². The number of guanidine groups is 1. The summed E-state index contributed by atoms with van der Waals surface area (Å²) in [5.74, 6) is 1.95. The summed E-state index contributed by atoms with van der Waals surface area (Å²) in [5, 5.41) is 10.9. The fourth-order valence-electron chi connectivity index (χ4n) is 4.63. The molecule has 0 radical (unpaired) electrons. The molecule has 0 aromatic carbocycles. The van der Waals surface area contributed by atoms with Crippen molar-refractivity contribution in [2.45, 2.75) is 51.0 Å². The van der Waals surface area contributed by atoms with Crippen molar-refractivity contribution >= 4 is 5.96 Å². The molecule has 1 aliphatic carbocycles. The number of nitrogens with one attached hydrogen (secondary N) is 2. The largest absolute Gasteiger partial charge is 0.379 e. The van der Waals surface area contributed by atoms with Gasteiger partial charge in [-0.3, -0.25) is 14.9 Å². The minimum absolute atomic E-state index is 0.162. The average Bonchev–Trinajstić information content (AvgIpc) is 3.33. The highest BCUT2D eigenvalue weighted by Crippen LogP contribution is 2.34. The van der Waals surface area contributed by atoms with Crippen LogP contribution in [0.1, 0.15) is 44.9 Å². The molecule has 0 unspecified atom stereocenters. The Morgan fingerprint density at radius 2 is 2.00 bits per heavy atom. The highest BCUT2D eigenvalue weighted by atomic mass is 16.5. The Kier molecular flexibility index (Phi) is 8.06.